The van der Waals surface area contributed by atoms with Crippen LogP contribution in [0.3, 0.4) is 0 Å². The number of hydrogen-bond donors (Lipinski definition) is 3. The molecule has 9 heteroatoms. The molecule has 0 amide bonds. The van der Waals surface area contributed by atoms with Gasteiger partial charge in [0.25, 0.3) is 0 Å². The van der Waals surface area contributed by atoms with Crippen LogP contribution in [-0.4, -0.2) is 45.5 Å². The maximum atomic E-state index is 10.6. The number of aliphatic carboxylic acids is 1. The van der Waals surface area contributed by atoms with Gasteiger partial charge in [0.15, 0.2) is 5.82 Å². The monoisotopic (exact) mass is 328 g/mol. The average Bonchev–Trinajstić information content (AvgIpc) is 3.19. The fourth-order valence-electron chi connectivity index (χ4n) is 2.07. The number of hydrogen-bond acceptors (Lipinski definition) is 4. The van der Waals surface area contributed by atoms with E-state index >= 15 is 0 Å². The summed E-state index contributed by atoms with van der Waals surface area (Å²) in [4.78, 5) is 12.2. The van der Waals surface area contributed by atoms with E-state index in [0.717, 1.165) is 36.7 Å². The number of benzene rings is 1. The first-order chi connectivity index (χ1) is 10.9. The van der Waals surface area contributed by atoms with E-state index < -0.39 is 12.1 Å². The molecule has 3 rings (SSSR count). The highest BCUT2D eigenvalue weighted by atomic mass is 19.4. The quantitative estimate of drug-likeness (QED) is 0.786. The van der Waals surface area contributed by atoms with Gasteiger partial charge in [0.05, 0.1) is 0 Å². The highest BCUT2D eigenvalue weighted by Crippen LogP contribution is 2.21. The van der Waals surface area contributed by atoms with E-state index in [4.69, 9.17) is 9.90 Å². The lowest BCUT2D eigenvalue weighted by Crippen LogP contribution is -2.21. The first-order valence-electron chi connectivity index (χ1n) is 6.86. The zero-order valence-electron chi connectivity index (χ0n) is 12.0. The van der Waals surface area contributed by atoms with Crippen molar-refractivity contribution < 1.29 is 23.1 Å². The normalized spacial score (nSPS) is 17.4. The second-order valence-corrected chi connectivity index (χ2v) is 4.92. The molecule has 0 saturated carbocycles. The molecule has 1 aliphatic heterocycles. The summed E-state index contributed by atoms with van der Waals surface area (Å²) in [5, 5.41) is 18.9. The third-order valence-corrected chi connectivity index (χ3v) is 3.24. The lowest BCUT2D eigenvalue weighted by Gasteiger charge is -2.01. The van der Waals surface area contributed by atoms with Gasteiger partial charge in [-0.3, -0.25) is 0 Å². The summed E-state index contributed by atoms with van der Waals surface area (Å²) in [5.74, 6) is -0.399. The molecule has 1 fully saturated rings. The number of nitrogens with zero attached hydrogens (tertiary/aromatic N) is 2. The van der Waals surface area contributed by atoms with Gasteiger partial charge >= 0.3 is 12.1 Å². The molecule has 2 aromatic rings. The molecular weight excluding hydrogens is 313 g/mol. The molecule has 1 atom stereocenters. The lowest BCUT2D eigenvalue weighted by atomic mass is 10.1. The molecule has 0 bridgehead atoms. The van der Waals surface area contributed by atoms with E-state index in [1.54, 1.807) is 0 Å². The van der Waals surface area contributed by atoms with Crippen LogP contribution in [0, 0.1) is 0 Å². The van der Waals surface area contributed by atoms with Gasteiger partial charge in [-0.15, -0.1) is 10.2 Å². The first-order valence-corrected chi connectivity index (χ1v) is 6.86. The predicted molar refractivity (Wildman–Crippen MR) is 75.7 cm³/mol. The highest BCUT2D eigenvalue weighted by molar-refractivity contribution is 5.73. The van der Waals surface area contributed by atoms with Gasteiger partial charge in [-0.25, -0.2) is 4.79 Å². The van der Waals surface area contributed by atoms with Gasteiger partial charge < -0.3 is 15.4 Å². The summed E-state index contributed by atoms with van der Waals surface area (Å²) in [7, 11) is 0. The third kappa shape index (κ3) is 4.78. The minimum Gasteiger partial charge on any atom is -0.475 e. The molecular formula is C14H15F3N4O2. The number of carboxylic acids is 1. The van der Waals surface area contributed by atoms with Crippen LogP contribution >= 0.6 is 0 Å². The number of carbonyl (C=O) groups is 1. The molecule has 1 aliphatic rings. The topological polar surface area (TPSA) is 90.9 Å². The van der Waals surface area contributed by atoms with E-state index in [9.17, 15) is 13.2 Å². The molecule has 6 nitrogen and oxygen atoms in total. The summed E-state index contributed by atoms with van der Waals surface area (Å²) < 4.78 is 31.7. The Kier molecular flexibility index (Phi) is 5.32. The number of carboxylic acid groups (broad SMARTS) is 1. The Labute approximate surface area is 129 Å². The first kappa shape index (κ1) is 16.9. The SMILES string of the molecule is O=C(O)C(F)(F)F.c1ccc(-c2nnc(C3CCNC3)[nH]2)cc1. The van der Waals surface area contributed by atoms with Crippen molar-refractivity contribution in [3.8, 4) is 11.4 Å². The maximum Gasteiger partial charge on any atom is 0.490 e. The van der Waals surface area contributed by atoms with E-state index in [1.165, 1.54) is 0 Å². The Morgan fingerprint density at radius 2 is 1.87 bits per heavy atom. The van der Waals surface area contributed by atoms with Crippen molar-refractivity contribution in [2.24, 2.45) is 0 Å². The number of H-pyrrole nitrogens is 1. The van der Waals surface area contributed by atoms with Crippen molar-refractivity contribution >= 4 is 5.97 Å². The number of halogens is 3. The van der Waals surface area contributed by atoms with Crippen LogP contribution in [0.25, 0.3) is 11.4 Å². The molecule has 124 valence electrons. The van der Waals surface area contributed by atoms with Crippen LogP contribution in [0.1, 0.15) is 18.2 Å². The summed E-state index contributed by atoms with van der Waals surface area (Å²) in [5.41, 5.74) is 1.09. The van der Waals surface area contributed by atoms with Gasteiger partial charge in [0.2, 0.25) is 0 Å². The smallest absolute Gasteiger partial charge is 0.475 e. The highest BCUT2D eigenvalue weighted by Gasteiger charge is 2.38. The Hall–Kier alpha value is -2.42. The van der Waals surface area contributed by atoms with Crippen molar-refractivity contribution in [3.63, 3.8) is 0 Å². The minimum absolute atomic E-state index is 0.491. The van der Waals surface area contributed by atoms with Gasteiger partial charge in [0.1, 0.15) is 5.82 Å². The molecule has 23 heavy (non-hydrogen) atoms. The van der Waals surface area contributed by atoms with Crippen molar-refractivity contribution in [1.29, 1.82) is 0 Å². The Morgan fingerprint density at radius 3 is 2.39 bits per heavy atom. The molecule has 1 saturated heterocycles. The largest absolute Gasteiger partial charge is 0.490 e. The van der Waals surface area contributed by atoms with E-state index in [2.05, 4.69) is 20.5 Å². The molecule has 1 unspecified atom stereocenters. The predicted octanol–water partition coefficient (Wildman–Crippen LogP) is 2.18. The standard InChI is InChI=1S/C12H14N4.C2HF3O2/c1-2-4-9(5-3-1)11-14-12(16-15-11)10-6-7-13-8-10;3-2(4,5)1(6)7/h1-5,10,13H,6-8H2,(H,14,15,16);(H,6,7). The third-order valence-electron chi connectivity index (χ3n) is 3.24. The van der Waals surface area contributed by atoms with E-state index in [0.29, 0.717) is 5.92 Å². The second kappa shape index (κ2) is 7.23. The molecule has 1 aromatic carbocycles. The summed E-state index contributed by atoms with van der Waals surface area (Å²) >= 11 is 0. The van der Waals surface area contributed by atoms with Gasteiger partial charge in [-0.1, -0.05) is 30.3 Å². The fraction of sp³-hybridized carbons (Fsp3) is 0.357. The average molecular weight is 328 g/mol. The van der Waals surface area contributed by atoms with Crippen LogP contribution in [0.5, 0.6) is 0 Å². The number of aromatic nitrogens is 3. The van der Waals surface area contributed by atoms with E-state index in [1.807, 2.05) is 30.3 Å². The van der Waals surface area contributed by atoms with Crippen LogP contribution in [0.4, 0.5) is 13.2 Å². The number of rotatable bonds is 2. The Bertz CT molecular complexity index is 637. The van der Waals surface area contributed by atoms with Gasteiger partial charge in [-0.05, 0) is 13.0 Å². The Balaban J connectivity index is 0.000000236. The molecule has 1 aromatic heterocycles. The molecule has 0 aliphatic carbocycles. The number of alkyl halides is 3. The zero-order valence-corrected chi connectivity index (χ0v) is 12.0. The van der Waals surface area contributed by atoms with Crippen molar-refractivity contribution in [3.05, 3.63) is 36.2 Å². The molecule has 3 N–H and O–H groups in total. The number of aromatic amines is 1. The van der Waals surface area contributed by atoms with Crippen molar-refractivity contribution in [1.82, 2.24) is 20.5 Å². The van der Waals surface area contributed by atoms with Crippen LogP contribution in [-0.2, 0) is 4.79 Å². The minimum atomic E-state index is -5.08. The summed E-state index contributed by atoms with van der Waals surface area (Å²) in [6.45, 7) is 2.08. The summed E-state index contributed by atoms with van der Waals surface area (Å²) in [6.07, 6.45) is -3.94. The second-order valence-electron chi connectivity index (χ2n) is 4.92. The number of nitrogens with one attached hydrogen (secondary N) is 2. The summed E-state index contributed by atoms with van der Waals surface area (Å²) in [6, 6.07) is 10.1. The Morgan fingerprint density at radius 1 is 1.22 bits per heavy atom. The van der Waals surface area contributed by atoms with Gasteiger partial charge in [-0.2, -0.15) is 13.2 Å². The van der Waals surface area contributed by atoms with Gasteiger partial charge in [0, 0.05) is 18.0 Å². The zero-order chi connectivity index (χ0) is 16.9. The molecule has 2 heterocycles. The maximum absolute atomic E-state index is 10.6. The molecule has 0 spiro atoms. The van der Waals surface area contributed by atoms with Crippen LogP contribution in [0.15, 0.2) is 30.3 Å². The van der Waals surface area contributed by atoms with Crippen LogP contribution in [0.2, 0.25) is 0 Å². The lowest BCUT2D eigenvalue weighted by molar-refractivity contribution is -0.192. The van der Waals surface area contributed by atoms with Crippen molar-refractivity contribution in [2.75, 3.05) is 13.1 Å². The molecule has 0 radical (unpaired) electrons. The van der Waals surface area contributed by atoms with E-state index in [-0.39, 0.29) is 0 Å². The fourth-order valence-corrected chi connectivity index (χ4v) is 2.07. The van der Waals surface area contributed by atoms with Crippen LogP contribution < -0.4 is 5.32 Å². The van der Waals surface area contributed by atoms with Crippen molar-refractivity contribution in [2.45, 2.75) is 18.5 Å².